The zero-order chi connectivity index (χ0) is 18.7. The maximum atomic E-state index is 12.4. The van der Waals surface area contributed by atoms with Crippen LogP contribution in [0.25, 0.3) is 10.8 Å². The minimum Gasteiger partial charge on any atom is -0.423 e. The molecule has 7 heteroatoms. The number of hydrogen-bond donors (Lipinski definition) is 0. The van der Waals surface area contributed by atoms with Gasteiger partial charge in [0, 0.05) is 7.05 Å². The van der Waals surface area contributed by atoms with E-state index in [1.807, 2.05) is 30.3 Å². The smallest absolute Gasteiger partial charge is 0.343 e. The summed E-state index contributed by atoms with van der Waals surface area (Å²) >= 11 is 0. The van der Waals surface area contributed by atoms with Gasteiger partial charge in [0.1, 0.15) is 5.75 Å². The van der Waals surface area contributed by atoms with Crippen molar-refractivity contribution in [1.29, 1.82) is 0 Å². The van der Waals surface area contributed by atoms with Crippen LogP contribution in [0.15, 0.2) is 71.6 Å². The summed E-state index contributed by atoms with van der Waals surface area (Å²) in [4.78, 5) is 17.1. The van der Waals surface area contributed by atoms with Gasteiger partial charge < -0.3 is 4.74 Å². The predicted octanol–water partition coefficient (Wildman–Crippen LogP) is 3.24. The Balaban J connectivity index is 1.87. The van der Waals surface area contributed by atoms with E-state index in [1.54, 1.807) is 12.1 Å². The number of carbonyl (C=O) groups excluding carboxylic acids is 1. The van der Waals surface area contributed by atoms with Crippen LogP contribution in [0.1, 0.15) is 10.4 Å². The van der Waals surface area contributed by atoms with E-state index in [0.29, 0.717) is 5.75 Å². The number of rotatable bonds is 5. The third-order valence-electron chi connectivity index (χ3n) is 3.89. The van der Waals surface area contributed by atoms with E-state index in [0.717, 1.165) is 15.2 Å². The predicted molar refractivity (Wildman–Crippen MR) is 97.3 cm³/mol. The Morgan fingerprint density at radius 2 is 1.65 bits per heavy atom. The van der Waals surface area contributed by atoms with Crippen LogP contribution < -0.4 is 4.74 Å². The summed E-state index contributed by atoms with van der Waals surface area (Å²) in [7, 11) is -1.32. The molecule has 0 saturated heterocycles. The third kappa shape index (κ3) is 3.60. The van der Waals surface area contributed by atoms with Crippen LogP contribution in [-0.2, 0) is 14.9 Å². The lowest BCUT2D eigenvalue weighted by atomic mass is 10.1. The highest BCUT2D eigenvalue weighted by Crippen LogP contribution is 2.22. The molecular formula is C19H17NO5S. The van der Waals surface area contributed by atoms with Gasteiger partial charge in [-0.25, -0.2) is 13.2 Å². The lowest BCUT2D eigenvalue weighted by Gasteiger charge is -2.14. The van der Waals surface area contributed by atoms with Crippen molar-refractivity contribution in [3.63, 3.8) is 0 Å². The minimum absolute atomic E-state index is 0.0604. The summed E-state index contributed by atoms with van der Waals surface area (Å²) < 4.78 is 30.7. The Morgan fingerprint density at radius 1 is 0.923 bits per heavy atom. The number of esters is 1. The molecule has 26 heavy (non-hydrogen) atoms. The second kappa shape index (κ2) is 7.25. The van der Waals surface area contributed by atoms with Crippen LogP contribution in [0.4, 0.5) is 0 Å². The highest BCUT2D eigenvalue weighted by molar-refractivity contribution is 7.89. The lowest BCUT2D eigenvalue weighted by molar-refractivity contribution is -0.0258. The molecule has 3 aromatic carbocycles. The van der Waals surface area contributed by atoms with Gasteiger partial charge in [0.15, 0.2) is 0 Å². The van der Waals surface area contributed by atoms with E-state index in [2.05, 4.69) is 0 Å². The normalized spacial score (nSPS) is 11.7. The average molecular weight is 371 g/mol. The molecule has 0 aliphatic rings. The first kappa shape index (κ1) is 18.1. The van der Waals surface area contributed by atoms with Crippen molar-refractivity contribution in [2.75, 3.05) is 14.2 Å². The Bertz CT molecular complexity index is 1060. The second-order valence-corrected chi connectivity index (χ2v) is 7.46. The number of hydrogen-bond acceptors (Lipinski definition) is 5. The molecule has 0 aliphatic heterocycles. The van der Waals surface area contributed by atoms with E-state index in [1.165, 1.54) is 38.4 Å². The SMILES string of the molecule is CON(C)S(=O)(=O)c1cccc(C(=O)Oc2ccc3ccccc3c2)c1. The number of sulfonamides is 1. The Morgan fingerprint density at radius 3 is 2.38 bits per heavy atom. The van der Waals surface area contributed by atoms with Gasteiger partial charge in [-0.05, 0) is 41.1 Å². The zero-order valence-corrected chi connectivity index (χ0v) is 15.1. The van der Waals surface area contributed by atoms with Crippen LogP contribution in [0.5, 0.6) is 5.75 Å². The van der Waals surface area contributed by atoms with Crippen molar-refractivity contribution >= 4 is 26.8 Å². The van der Waals surface area contributed by atoms with Gasteiger partial charge in [-0.2, -0.15) is 0 Å². The standard InChI is InChI=1S/C19H17NO5S/c1-20(24-2)26(22,23)18-9-5-8-16(13-18)19(21)25-17-11-10-14-6-3-4-7-15(14)12-17/h3-13H,1-2H3. The third-order valence-corrected chi connectivity index (χ3v) is 5.57. The van der Waals surface area contributed by atoms with Gasteiger partial charge in [-0.15, -0.1) is 0 Å². The summed E-state index contributed by atoms with van der Waals surface area (Å²) in [5.41, 5.74) is 0.128. The molecule has 3 rings (SSSR count). The van der Waals surface area contributed by atoms with E-state index >= 15 is 0 Å². The van der Waals surface area contributed by atoms with Crippen LogP contribution in [0.3, 0.4) is 0 Å². The fourth-order valence-electron chi connectivity index (χ4n) is 2.43. The molecule has 6 nitrogen and oxygen atoms in total. The number of carbonyl (C=O) groups is 1. The van der Waals surface area contributed by atoms with Crippen LogP contribution in [0, 0.1) is 0 Å². The van der Waals surface area contributed by atoms with E-state index < -0.39 is 16.0 Å². The molecule has 0 amide bonds. The summed E-state index contributed by atoms with van der Waals surface area (Å²) in [6.45, 7) is 0. The molecule has 0 bridgehead atoms. The number of hydroxylamine groups is 1. The fourth-order valence-corrected chi connectivity index (χ4v) is 3.45. The Labute approximate surface area is 151 Å². The summed E-state index contributed by atoms with van der Waals surface area (Å²) in [6.07, 6.45) is 0. The molecule has 0 saturated carbocycles. The van der Waals surface area contributed by atoms with Gasteiger partial charge in [0.05, 0.1) is 17.6 Å². The number of fused-ring (bicyclic) bond motifs is 1. The Kier molecular flexibility index (Phi) is 5.03. The summed E-state index contributed by atoms with van der Waals surface area (Å²) in [5.74, 6) is -0.256. The first-order valence-electron chi connectivity index (χ1n) is 7.76. The highest BCUT2D eigenvalue weighted by atomic mass is 32.2. The monoisotopic (exact) mass is 371 g/mol. The average Bonchev–Trinajstić information content (AvgIpc) is 2.67. The first-order valence-corrected chi connectivity index (χ1v) is 9.20. The van der Waals surface area contributed by atoms with Gasteiger partial charge in [0.2, 0.25) is 0 Å². The van der Waals surface area contributed by atoms with E-state index in [4.69, 9.17) is 9.57 Å². The summed E-state index contributed by atoms with van der Waals surface area (Å²) in [5, 5.41) is 1.97. The largest absolute Gasteiger partial charge is 0.423 e. The molecule has 0 N–H and O–H groups in total. The molecule has 0 atom stereocenters. The van der Waals surface area contributed by atoms with Crippen molar-refractivity contribution < 1.29 is 22.8 Å². The molecule has 134 valence electrons. The number of ether oxygens (including phenoxy) is 1. The van der Waals surface area contributed by atoms with Crippen molar-refractivity contribution in [3.8, 4) is 5.75 Å². The minimum atomic E-state index is -3.84. The molecular weight excluding hydrogens is 354 g/mol. The van der Waals surface area contributed by atoms with Gasteiger partial charge in [-0.1, -0.05) is 40.9 Å². The van der Waals surface area contributed by atoms with Crippen molar-refractivity contribution in [2.45, 2.75) is 4.90 Å². The van der Waals surface area contributed by atoms with Gasteiger partial charge in [-0.3, -0.25) is 4.84 Å². The topological polar surface area (TPSA) is 72.9 Å². The maximum absolute atomic E-state index is 12.4. The highest BCUT2D eigenvalue weighted by Gasteiger charge is 2.22. The first-order chi connectivity index (χ1) is 12.4. The molecule has 0 radical (unpaired) electrons. The van der Waals surface area contributed by atoms with Gasteiger partial charge >= 0.3 is 5.97 Å². The number of nitrogens with zero attached hydrogens (tertiary/aromatic N) is 1. The van der Waals surface area contributed by atoms with E-state index in [-0.39, 0.29) is 10.5 Å². The molecule has 0 spiro atoms. The van der Waals surface area contributed by atoms with Gasteiger partial charge in [0.25, 0.3) is 10.0 Å². The zero-order valence-electron chi connectivity index (χ0n) is 14.2. The Hall–Kier alpha value is -2.74. The van der Waals surface area contributed by atoms with Crippen molar-refractivity contribution in [1.82, 2.24) is 4.47 Å². The van der Waals surface area contributed by atoms with Crippen LogP contribution in [-0.4, -0.2) is 33.0 Å². The molecule has 0 fully saturated rings. The molecule has 0 aromatic heterocycles. The summed E-state index contributed by atoms with van der Waals surface area (Å²) in [6, 6.07) is 18.6. The molecule has 0 heterocycles. The molecule has 3 aromatic rings. The molecule has 0 aliphatic carbocycles. The quantitative estimate of drug-likeness (QED) is 0.391. The van der Waals surface area contributed by atoms with E-state index in [9.17, 15) is 13.2 Å². The van der Waals surface area contributed by atoms with Crippen molar-refractivity contribution in [3.05, 3.63) is 72.3 Å². The molecule has 0 unspecified atom stereocenters. The van der Waals surface area contributed by atoms with Crippen LogP contribution >= 0.6 is 0 Å². The maximum Gasteiger partial charge on any atom is 0.343 e. The number of benzene rings is 3. The lowest BCUT2D eigenvalue weighted by Crippen LogP contribution is -2.26. The van der Waals surface area contributed by atoms with Crippen LogP contribution in [0.2, 0.25) is 0 Å². The second-order valence-electron chi connectivity index (χ2n) is 5.52. The fraction of sp³-hybridized carbons (Fsp3) is 0.105. The van der Waals surface area contributed by atoms with Crippen molar-refractivity contribution in [2.24, 2.45) is 0 Å².